The monoisotopic (exact) mass is 487 g/mol. The normalized spacial score (nSPS) is 19.4. The van der Waals surface area contributed by atoms with E-state index in [2.05, 4.69) is 46.4 Å². The van der Waals surface area contributed by atoms with Gasteiger partial charge in [-0.25, -0.2) is 4.98 Å². The van der Waals surface area contributed by atoms with Gasteiger partial charge < -0.3 is 25.2 Å². The fourth-order valence-corrected chi connectivity index (χ4v) is 4.46. The number of aliphatic carboxylic acids is 1. The predicted octanol–water partition coefficient (Wildman–Crippen LogP) is 3.74. The highest BCUT2D eigenvalue weighted by Gasteiger charge is 2.30. The Morgan fingerprint density at radius 1 is 1.11 bits per heavy atom. The molecule has 1 aromatic heterocycles. The summed E-state index contributed by atoms with van der Waals surface area (Å²) in [7, 11) is 0. The average Bonchev–Trinajstić information content (AvgIpc) is 3.34. The van der Waals surface area contributed by atoms with Gasteiger partial charge in [0.25, 0.3) is 0 Å². The summed E-state index contributed by atoms with van der Waals surface area (Å²) in [6.45, 7) is 3.70. The lowest BCUT2D eigenvalue weighted by molar-refractivity contribution is -0.141. The smallest absolute Gasteiger partial charge is 0.307 e. The first-order valence-corrected chi connectivity index (χ1v) is 12.4. The van der Waals surface area contributed by atoms with Crippen LogP contribution in [0.4, 0.5) is 0 Å². The zero-order valence-electron chi connectivity index (χ0n) is 20.6. The molecule has 0 saturated heterocycles. The van der Waals surface area contributed by atoms with Gasteiger partial charge in [-0.2, -0.15) is 0 Å². The highest BCUT2D eigenvalue weighted by atomic mass is 16.4. The van der Waals surface area contributed by atoms with Crippen molar-refractivity contribution in [3.8, 4) is 23.0 Å². The molecule has 0 aliphatic heterocycles. The zero-order valence-corrected chi connectivity index (χ0v) is 20.6. The predicted molar refractivity (Wildman–Crippen MR) is 138 cm³/mol. The maximum Gasteiger partial charge on any atom is 0.307 e. The maximum atomic E-state index is 11.0. The van der Waals surface area contributed by atoms with Crippen LogP contribution < -0.4 is 5.32 Å². The molecular formula is C29H33N3O4. The highest BCUT2D eigenvalue weighted by Crippen LogP contribution is 2.37. The van der Waals surface area contributed by atoms with Crippen LogP contribution in [0.2, 0.25) is 0 Å². The Labute approximate surface area is 211 Å². The molecule has 1 fully saturated rings. The third-order valence-corrected chi connectivity index (χ3v) is 6.84. The molecule has 0 bridgehead atoms. The van der Waals surface area contributed by atoms with Crippen molar-refractivity contribution in [1.82, 2.24) is 14.9 Å². The van der Waals surface area contributed by atoms with E-state index in [0.717, 1.165) is 29.5 Å². The summed E-state index contributed by atoms with van der Waals surface area (Å²) < 4.78 is 1.70. The number of carbonyl (C=O) groups is 1. The van der Waals surface area contributed by atoms with E-state index in [1.807, 2.05) is 24.3 Å². The Morgan fingerprint density at radius 2 is 1.75 bits per heavy atom. The number of carboxylic acid groups (broad SMARTS) is 1. The number of aromatic nitrogens is 2. The lowest BCUT2D eigenvalue weighted by Gasteiger charge is -2.37. The number of imidazole rings is 1. The van der Waals surface area contributed by atoms with Gasteiger partial charge in [0.15, 0.2) is 0 Å². The van der Waals surface area contributed by atoms with Crippen LogP contribution in [0.15, 0.2) is 60.9 Å². The summed E-state index contributed by atoms with van der Waals surface area (Å²) in [6.07, 6.45) is 4.63. The second-order valence-electron chi connectivity index (χ2n) is 9.55. The molecule has 0 spiro atoms. The van der Waals surface area contributed by atoms with Crippen molar-refractivity contribution < 1.29 is 20.1 Å². The molecule has 1 aliphatic carbocycles. The zero-order chi connectivity index (χ0) is 25.7. The Bertz CT molecular complexity index is 1220. The topological polar surface area (TPSA) is 108 Å². The first-order valence-electron chi connectivity index (χ1n) is 12.4. The van der Waals surface area contributed by atoms with Crippen molar-refractivity contribution in [3.05, 3.63) is 77.9 Å². The number of benzene rings is 2. The van der Waals surface area contributed by atoms with E-state index in [1.165, 1.54) is 5.56 Å². The van der Waals surface area contributed by atoms with E-state index in [0.29, 0.717) is 24.3 Å². The standard InChI is InChI=1S/C29H33N3O4/c1-19(29(35)36)17-31-26-15-25(16-26)24-10-8-23(9-11-24)22-6-3-21(4-7-22)5-12-27(18-33)32-14-13-30-28(32)20(2)34/h3-4,6-11,13-14,19-20,25-27,31,33-34H,15-18H2,1-2H3,(H,35,36). The number of aliphatic hydroxyl groups is 2. The number of aliphatic hydroxyl groups excluding tert-OH is 2. The molecule has 4 rings (SSSR count). The number of rotatable bonds is 9. The van der Waals surface area contributed by atoms with Crippen LogP contribution in [0.5, 0.6) is 0 Å². The van der Waals surface area contributed by atoms with Gasteiger partial charge in [0.05, 0.1) is 12.5 Å². The Hall–Kier alpha value is -3.44. The maximum absolute atomic E-state index is 11.0. The third kappa shape index (κ3) is 6.03. The quantitative estimate of drug-likeness (QED) is 0.343. The van der Waals surface area contributed by atoms with Crippen molar-refractivity contribution in [3.63, 3.8) is 0 Å². The van der Waals surface area contributed by atoms with Crippen molar-refractivity contribution >= 4 is 5.97 Å². The molecule has 188 valence electrons. The van der Waals surface area contributed by atoms with Crippen LogP contribution >= 0.6 is 0 Å². The van der Waals surface area contributed by atoms with Crippen LogP contribution in [0, 0.1) is 17.8 Å². The SMILES string of the molecule is CC(CNC1CC(c2ccc(-c3ccc(C#CC(CO)n4ccnc4C(C)O)cc3)cc2)C1)C(=O)O. The molecular weight excluding hydrogens is 454 g/mol. The van der Waals surface area contributed by atoms with Gasteiger partial charge in [-0.3, -0.25) is 4.79 Å². The number of hydrogen-bond donors (Lipinski definition) is 4. The summed E-state index contributed by atoms with van der Waals surface area (Å²) in [5.41, 5.74) is 4.40. The van der Waals surface area contributed by atoms with E-state index in [4.69, 9.17) is 5.11 Å². The summed E-state index contributed by atoms with van der Waals surface area (Å²) >= 11 is 0. The van der Waals surface area contributed by atoms with Crippen molar-refractivity contribution in [1.29, 1.82) is 0 Å². The second kappa shape index (κ2) is 11.5. The van der Waals surface area contributed by atoms with Gasteiger partial charge in [0.2, 0.25) is 0 Å². The molecule has 1 saturated carbocycles. The van der Waals surface area contributed by atoms with E-state index >= 15 is 0 Å². The Balaban J connectivity index is 1.34. The van der Waals surface area contributed by atoms with Gasteiger partial charge in [0.1, 0.15) is 18.0 Å². The minimum atomic E-state index is -0.760. The minimum absolute atomic E-state index is 0.174. The lowest BCUT2D eigenvalue weighted by Crippen LogP contribution is -2.42. The van der Waals surface area contributed by atoms with Gasteiger partial charge in [0, 0.05) is 30.5 Å². The molecule has 1 aliphatic rings. The van der Waals surface area contributed by atoms with Gasteiger partial charge >= 0.3 is 5.97 Å². The molecule has 3 atom stereocenters. The number of nitrogens with one attached hydrogen (secondary N) is 1. The molecule has 3 aromatic rings. The number of nitrogens with zero attached hydrogens (tertiary/aromatic N) is 2. The van der Waals surface area contributed by atoms with Crippen LogP contribution in [0.3, 0.4) is 0 Å². The largest absolute Gasteiger partial charge is 0.481 e. The van der Waals surface area contributed by atoms with Crippen LogP contribution in [0.1, 0.15) is 61.7 Å². The van der Waals surface area contributed by atoms with Crippen molar-refractivity contribution in [2.45, 2.75) is 50.8 Å². The number of carboxylic acids is 1. The highest BCUT2D eigenvalue weighted by molar-refractivity contribution is 5.69. The summed E-state index contributed by atoms with van der Waals surface area (Å²) in [5, 5.41) is 32.0. The van der Waals surface area contributed by atoms with E-state index in [1.54, 1.807) is 30.8 Å². The Morgan fingerprint density at radius 3 is 2.33 bits per heavy atom. The van der Waals surface area contributed by atoms with Crippen LogP contribution in [0.25, 0.3) is 11.1 Å². The average molecular weight is 488 g/mol. The second-order valence-corrected chi connectivity index (χ2v) is 9.55. The summed E-state index contributed by atoms with van der Waals surface area (Å²) in [6, 6.07) is 16.6. The third-order valence-electron chi connectivity index (χ3n) is 6.84. The van der Waals surface area contributed by atoms with E-state index < -0.39 is 18.1 Å². The summed E-state index contributed by atoms with van der Waals surface area (Å²) in [5.74, 6) is 6.06. The van der Waals surface area contributed by atoms with Crippen molar-refractivity contribution in [2.75, 3.05) is 13.2 Å². The molecule has 2 aromatic carbocycles. The van der Waals surface area contributed by atoms with E-state index in [-0.39, 0.29) is 12.5 Å². The molecule has 1 heterocycles. The fourth-order valence-electron chi connectivity index (χ4n) is 4.46. The lowest BCUT2D eigenvalue weighted by atomic mass is 9.75. The first kappa shape index (κ1) is 25.6. The molecule has 4 N–H and O–H groups in total. The first-order chi connectivity index (χ1) is 17.4. The minimum Gasteiger partial charge on any atom is -0.481 e. The Kier molecular flexibility index (Phi) is 8.21. The van der Waals surface area contributed by atoms with E-state index in [9.17, 15) is 15.0 Å². The van der Waals surface area contributed by atoms with Gasteiger partial charge in [-0.15, -0.1) is 0 Å². The van der Waals surface area contributed by atoms with Gasteiger partial charge in [-0.05, 0) is 54.5 Å². The fraction of sp³-hybridized carbons (Fsp3) is 0.379. The van der Waals surface area contributed by atoms with Crippen LogP contribution in [-0.2, 0) is 4.79 Å². The molecule has 7 heteroatoms. The molecule has 0 amide bonds. The molecule has 7 nitrogen and oxygen atoms in total. The number of hydrogen-bond acceptors (Lipinski definition) is 5. The molecule has 3 unspecified atom stereocenters. The molecule has 36 heavy (non-hydrogen) atoms. The van der Waals surface area contributed by atoms with Crippen molar-refractivity contribution in [2.24, 2.45) is 5.92 Å². The van der Waals surface area contributed by atoms with Crippen LogP contribution in [-0.4, -0.2) is 50.0 Å². The molecule has 0 radical (unpaired) electrons. The van der Waals surface area contributed by atoms with Gasteiger partial charge in [-0.1, -0.05) is 55.2 Å². The summed E-state index contributed by atoms with van der Waals surface area (Å²) in [4.78, 5) is 15.1.